The van der Waals surface area contributed by atoms with Crippen molar-refractivity contribution in [2.45, 2.75) is 78.6 Å². The van der Waals surface area contributed by atoms with Crippen LogP contribution >= 0.6 is 0 Å². The van der Waals surface area contributed by atoms with Crippen LogP contribution in [-0.4, -0.2) is 12.9 Å². The molecule has 0 spiro atoms. The summed E-state index contributed by atoms with van der Waals surface area (Å²) in [6.07, 6.45) is 6.20. The fourth-order valence-electron chi connectivity index (χ4n) is 4.32. The van der Waals surface area contributed by atoms with Crippen LogP contribution in [0.2, 0.25) is 0 Å². The first-order valence-electron chi connectivity index (χ1n) is 9.85. The molecule has 0 N–H and O–H groups in total. The lowest BCUT2D eigenvalue weighted by atomic mass is 9.72. The van der Waals surface area contributed by atoms with E-state index in [4.69, 9.17) is 9.15 Å². The number of rotatable bonds is 6. The zero-order valence-corrected chi connectivity index (χ0v) is 17.1. The molecule has 0 saturated heterocycles. The number of hydrogen-bond acceptors (Lipinski definition) is 3. The van der Waals surface area contributed by atoms with E-state index in [1.165, 1.54) is 24.8 Å². The van der Waals surface area contributed by atoms with E-state index in [1.54, 1.807) is 7.11 Å². The van der Waals surface area contributed by atoms with Gasteiger partial charge in [0.25, 0.3) is 0 Å². The number of ketones is 1. The molecule has 2 aromatic rings. The zero-order chi connectivity index (χ0) is 19.1. The Morgan fingerprint density at radius 1 is 1.19 bits per heavy atom. The maximum Gasteiger partial charge on any atom is 0.198 e. The molecule has 1 aromatic heterocycles. The Balaban J connectivity index is 2.20. The van der Waals surface area contributed by atoms with Crippen LogP contribution in [0.3, 0.4) is 0 Å². The van der Waals surface area contributed by atoms with Crippen LogP contribution in [0.25, 0.3) is 11.0 Å². The molecular weight excluding hydrogens is 324 g/mol. The van der Waals surface area contributed by atoms with Crippen LogP contribution in [0.15, 0.2) is 16.5 Å². The fourth-order valence-corrected chi connectivity index (χ4v) is 4.32. The Hall–Kier alpha value is -1.77. The maximum absolute atomic E-state index is 12.7. The standard InChI is InChI=1S/C23H32O3/c1-7-8-9-10-23(4,5)17-11-15(25-6)12-19-20(17)16-13-22(2,3)14-18(24)21(16)26-19/h11-12H,7-10,13-14H2,1-6H3. The van der Waals surface area contributed by atoms with Crippen molar-refractivity contribution < 1.29 is 13.9 Å². The summed E-state index contributed by atoms with van der Waals surface area (Å²) in [5.41, 5.74) is 3.12. The summed E-state index contributed by atoms with van der Waals surface area (Å²) in [5.74, 6) is 1.49. The number of furan rings is 1. The first-order chi connectivity index (χ1) is 12.2. The second-order valence-corrected chi connectivity index (χ2v) is 9.24. The summed E-state index contributed by atoms with van der Waals surface area (Å²) in [4.78, 5) is 12.7. The summed E-state index contributed by atoms with van der Waals surface area (Å²) in [7, 11) is 1.69. The Kier molecular flexibility index (Phi) is 4.94. The number of fused-ring (bicyclic) bond motifs is 3. The number of ether oxygens (including phenoxy) is 1. The van der Waals surface area contributed by atoms with Gasteiger partial charge < -0.3 is 9.15 Å². The summed E-state index contributed by atoms with van der Waals surface area (Å²) < 4.78 is 11.6. The number of Topliss-reactive ketones (excluding diaryl/α,β-unsaturated/α-hetero) is 1. The second kappa shape index (κ2) is 6.75. The first-order valence-corrected chi connectivity index (χ1v) is 9.85. The molecule has 0 amide bonds. The molecule has 0 radical (unpaired) electrons. The number of methoxy groups -OCH3 is 1. The van der Waals surface area contributed by atoms with Gasteiger partial charge in [0.1, 0.15) is 11.3 Å². The zero-order valence-electron chi connectivity index (χ0n) is 17.1. The fraction of sp³-hybridized carbons (Fsp3) is 0.609. The number of unbranched alkanes of at least 4 members (excludes halogenated alkanes) is 2. The third kappa shape index (κ3) is 3.41. The van der Waals surface area contributed by atoms with Gasteiger partial charge in [0.15, 0.2) is 11.5 Å². The van der Waals surface area contributed by atoms with Crippen molar-refractivity contribution in [3.05, 3.63) is 29.0 Å². The minimum Gasteiger partial charge on any atom is -0.497 e. The number of hydrogen-bond donors (Lipinski definition) is 0. The van der Waals surface area contributed by atoms with E-state index in [1.807, 2.05) is 6.07 Å². The minimum absolute atomic E-state index is 0.00421. The van der Waals surface area contributed by atoms with Crippen molar-refractivity contribution in [1.82, 2.24) is 0 Å². The van der Waals surface area contributed by atoms with Crippen LogP contribution in [0.1, 0.15) is 88.4 Å². The highest BCUT2D eigenvalue weighted by Gasteiger charge is 2.37. The van der Waals surface area contributed by atoms with Crippen LogP contribution < -0.4 is 4.74 Å². The molecule has 3 nitrogen and oxygen atoms in total. The Labute approximate surface area is 157 Å². The van der Waals surface area contributed by atoms with Gasteiger partial charge >= 0.3 is 0 Å². The molecule has 0 aliphatic heterocycles. The van der Waals surface area contributed by atoms with E-state index in [0.29, 0.717) is 12.2 Å². The lowest BCUT2D eigenvalue weighted by molar-refractivity contribution is 0.0883. The molecule has 1 heterocycles. The van der Waals surface area contributed by atoms with Crippen LogP contribution in [0.4, 0.5) is 0 Å². The van der Waals surface area contributed by atoms with Gasteiger partial charge in [-0.05, 0) is 35.3 Å². The second-order valence-electron chi connectivity index (χ2n) is 9.24. The van der Waals surface area contributed by atoms with Crippen LogP contribution in [0.5, 0.6) is 5.75 Å². The lowest BCUT2D eigenvalue weighted by Crippen LogP contribution is -2.26. The van der Waals surface area contributed by atoms with Crippen molar-refractivity contribution in [2.75, 3.05) is 7.11 Å². The molecular formula is C23H32O3. The third-order valence-electron chi connectivity index (χ3n) is 5.78. The smallest absolute Gasteiger partial charge is 0.198 e. The Morgan fingerprint density at radius 3 is 2.58 bits per heavy atom. The predicted molar refractivity (Wildman–Crippen MR) is 106 cm³/mol. The summed E-state index contributed by atoms with van der Waals surface area (Å²) in [6.45, 7) is 11.2. The van der Waals surface area contributed by atoms with E-state index >= 15 is 0 Å². The van der Waals surface area contributed by atoms with Crippen molar-refractivity contribution >= 4 is 16.8 Å². The average Bonchev–Trinajstić information content (AvgIpc) is 2.91. The average molecular weight is 357 g/mol. The molecule has 0 unspecified atom stereocenters. The van der Waals surface area contributed by atoms with Gasteiger partial charge in [-0.15, -0.1) is 0 Å². The van der Waals surface area contributed by atoms with Gasteiger partial charge in [0.05, 0.1) is 7.11 Å². The van der Waals surface area contributed by atoms with Crippen molar-refractivity contribution in [2.24, 2.45) is 5.41 Å². The molecule has 0 saturated carbocycles. The van der Waals surface area contributed by atoms with Gasteiger partial charge in [-0.2, -0.15) is 0 Å². The van der Waals surface area contributed by atoms with Crippen LogP contribution in [-0.2, 0) is 11.8 Å². The van der Waals surface area contributed by atoms with E-state index < -0.39 is 0 Å². The Bertz CT molecular complexity index is 824. The number of carbonyl (C=O) groups excluding carboxylic acids is 1. The minimum atomic E-state index is -0.0234. The van der Waals surface area contributed by atoms with E-state index in [9.17, 15) is 4.79 Å². The molecule has 1 aromatic carbocycles. The summed E-state index contributed by atoms with van der Waals surface area (Å²) >= 11 is 0. The van der Waals surface area contributed by atoms with Crippen molar-refractivity contribution in [3.8, 4) is 5.75 Å². The largest absolute Gasteiger partial charge is 0.497 e. The Morgan fingerprint density at radius 2 is 1.92 bits per heavy atom. The molecule has 142 valence electrons. The monoisotopic (exact) mass is 356 g/mol. The predicted octanol–water partition coefficient (Wildman–Crippen LogP) is 6.45. The van der Waals surface area contributed by atoms with Gasteiger partial charge in [-0.1, -0.05) is 53.9 Å². The molecule has 0 atom stereocenters. The molecule has 3 rings (SSSR count). The molecule has 26 heavy (non-hydrogen) atoms. The number of carbonyl (C=O) groups is 1. The van der Waals surface area contributed by atoms with Gasteiger partial charge in [0, 0.05) is 23.4 Å². The quantitative estimate of drug-likeness (QED) is 0.558. The van der Waals surface area contributed by atoms with Gasteiger partial charge in [0.2, 0.25) is 0 Å². The third-order valence-corrected chi connectivity index (χ3v) is 5.78. The van der Waals surface area contributed by atoms with Gasteiger partial charge in [-0.3, -0.25) is 4.79 Å². The molecule has 1 aliphatic rings. The van der Waals surface area contributed by atoms with Crippen molar-refractivity contribution in [3.63, 3.8) is 0 Å². The van der Waals surface area contributed by atoms with Gasteiger partial charge in [-0.25, -0.2) is 0 Å². The van der Waals surface area contributed by atoms with E-state index in [2.05, 4.69) is 40.7 Å². The van der Waals surface area contributed by atoms with Crippen LogP contribution in [0, 0.1) is 5.41 Å². The maximum atomic E-state index is 12.7. The first kappa shape index (κ1) is 19.0. The molecule has 3 heteroatoms. The van der Waals surface area contributed by atoms with Crippen molar-refractivity contribution in [1.29, 1.82) is 0 Å². The summed E-state index contributed by atoms with van der Waals surface area (Å²) in [5, 5.41) is 1.14. The molecule has 0 bridgehead atoms. The number of benzene rings is 1. The highest BCUT2D eigenvalue weighted by molar-refractivity contribution is 6.03. The topological polar surface area (TPSA) is 39.4 Å². The van der Waals surface area contributed by atoms with E-state index in [-0.39, 0.29) is 16.6 Å². The highest BCUT2D eigenvalue weighted by atomic mass is 16.5. The van der Waals surface area contributed by atoms with E-state index in [0.717, 1.165) is 35.1 Å². The SMILES string of the molecule is CCCCCC(C)(C)c1cc(OC)cc2oc3c(c12)CC(C)(C)CC3=O. The lowest BCUT2D eigenvalue weighted by Gasteiger charge is -2.30. The summed E-state index contributed by atoms with van der Waals surface area (Å²) in [6, 6.07) is 4.08. The molecule has 0 fully saturated rings. The normalized spacial score (nSPS) is 16.8. The highest BCUT2D eigenvalue weighted by Crippen LogP contribution is 2.45. The molecule has 1 aliphatic carbocycles.